The molecular weight excluding hydrogens is 232 g/mol. The highest BCUT2D eigenvalue weighted by Gasteiger charge is 2.15. The second kappa shape index (κ2) is 4.87. The first-order valence-corrected chi connectivity index (χ1v) is 5.43. The molecule has 0 spiro atoms. The van der Waals surface area contributed by atoms with Gasteiger partial charge < -0.3 is 10.5 Å². The van der Waals surface area contributed by atoms with E-state index in [2.05, 4.69) is 14.8 Å². The molecule has 18 heavy (non-hydrogen) atoms. The number of aryl methyl sites for hydroxylation is 1. The molecule has 6 nitrogen and oxygen atoms in total. The van der Waals surface area contributed by atoms with Crippen LogP contribution in [-0.4, -0.2) is 27.8 Å². The molecule has 0 aliphatic carbocycles. The molecule has 94 valence electrons. The van der Waals surface area contributed by atoms with Crippen LogP contribution in [0.3, 0.4) is 0 Å². The number of hydrogen-bond donors (Lipinski definition) is 1. The lowest BCUT2D eigenvalue weighted by molar-refractivity contribution is 0.0594. The van der Waals surface area contributed by atoms with Crippen LogP contribution in [0, 0.1) is 6.92 Å². The molecule has 0 aromatic carbocycles. The van der Waals surface area contributed by atoms with Crippen LogP contribution in [-0.2, 0) is 11.3 Å². The number of aromatic nitrogens is 3. The topological polar surface area (TPSA) is 83.0 Å². The Labute approximate surface area is 104 Å². The maximum atomic E-state index is 11.4. The van der Waals surface area contributed by atoms with Gasteiger partial charge in [0.05, 0.1) is 25.0 Å². The number of carbonyl (C=O) groups excluding carboxylic acids is 1. The smallest absolute Gasteiger partial charge is 0.360 e. The third-order valence-corrected chi connectivity index (χ3v) is 2.60. The van der Waals surface area contributed by atoms with Crippen molar-refractivity contribution in [3.63, 3.8) is 0 Å². The van der Waals surface area contributed by atoms with E-state index >= 15 is 0 Å². The Balaban J connectivity index is 2.26. The van der Waals surface area contributed by atoms with E-state index in [1.165, 1.54) is 7.11 Å². The Hall–Kier alpha value is -2.37. The summed E-state index contributed by atoms with van der Waals surface area (Å²) in [6.45, 7) is 2.43. The molecule has 0 bridgehead atoms. The third-order valence-electron chi connectivity index (χ3n) is 2.60. The summed E-state index contributed by atoms with van der Waals surface area (Å²) >= 11 is 0. The van der Waals surface area contributed by atoms with Gasteiger partial charge in [-0.15, -0.1) is 0 Å². The van der Waals surface area contributed by atoms with Crippen molar-refractivity contribution in [2.24, 2.45) is 0 Å². The number of rotatable bonds is 3. The van der Waals surface area contributed by atoms with Crippen molar-refractivity contribution in [1.82, 2.24) is 14.8 Å². The van der Waals surface area contributed by atoms with E-state index in [1.54, 1.807) is 17.1 Å². The number of hydrogen-bond acceptors (Lipinski definition) is 5. The molecule has 0 saturated carbocycles. The normalized spacial score (nSPS) is 10.3. The lowest BCUT2D eigenvalue weighted by Crippen LogP contribution is -2.08. The summed E-state index contributed by atoms with van der Waals surface area (Å²) in [6.07, 6.45) is 3.32. The minimum absolute atomic E-state index is 0.131. The first-order chi connectivity index (χ1) is 8.61. The Kier molecular flexibility index (Phi) is 3.27. The van der Waals surface area contributed by atoms with Crippen LogP contribution in [0.4, 0.5) is 5.69 Å². The molecule has 0 radical (unpaired) electrons. The average Bonchev–Trinajstić information content (AvgIpc) is 2.72. The van der Waals surface area contributed by atoms with Gasteiger partial charge >= 0.3 is 5.97 Å². The van der Waals surface area contributed by atoms with Gasteiger partial charge in [-0.3, -0.25) is 9.67 Å². The van der Waals surface area contributed by atoms with Crippen molar-refractivity contribution in [3.05, 3.63) is 41.5 Å². The van der Waals surface area contributed by atoms with Gasteiger partial charge in [-0.05, 0) is 18.6 Å². The summed E-state index contributed by atoms with van der Waals surface area (Å²) in [5.41, 5.74) is 8.08. The highest BCUT2D eigenvalue weighted by molar-refractivity contribution is 5.92. The van der Waals surface area contributed by atoms with E-state index in [0.29, 0.717) is 12.2 Å². The predicted molar refractivity (Wildman–Crippen MR) is 66.1 cm³/mol. The van der Waals surface area contributed by atoms with E-state index in [0.717, 1.165) is 11.3 Å². The highest BCUT2D eigenvalue weighted by Crippen LogP contribution is 2.12. The maximum Gasteiger partial charge on any atom is 0.360 e. The van der Waals surface area contributed by atoms with Crippen LogP contribution in [0.2, 0.25) is 0 Å². The summed E-state index contributed by atoms with van der Waals surface area (Å²) in [7, 11) is 1.30. The summed E-state index contributed by atoms with van der Waals surface area (Å²) in [6, 6.07) is 3.84. The number of nitrogens with two attached hydrogens (primary N) is 1. The zero-order valence-corrected chi connectivity index (χ0v) is 10.3. The maximum absolute atomic E-state index is 11.4. The molecule has 0 amide bonds. The molecule has 0 fully saturated rings. The van der Waals surface area contributed by atoms with Gasteiger partial charge in [-0.1, -0.05) is 6.07 Å². The Morgan fingerprint density at radius 2 is 2.33 bits per heavy atom. The average molecular weight is 246 g/mol. The fourth-order valence-corrected chi connectivity index (χ4v) is 1.61. The van der Waals surface area contributed by atoms with Crippen LogP contribution in [0.25, 0.3) is 0 Å². The Morgan fingerprint density at radius 1 is 1.56 bits per heavy atom. The first-order valence-electron chi connectivity index (χ1n) is 5.43. The molecule has 0 aliphatic rings. The minimum atomic E-state index is -0.538. The van der Waals surface area contributed by atoms with Crippen LogP contribution in [0.15, 0.2) is 24.5 Å². The fraction of sp³-hybridized carbons (Fsp3) is 0.250. The van der Waals surface area contributed by atoms with Crippen LogP contribution in [0.1, 0.15) is 21.7 Å². The van der Waals surface area contributed by atoms with Gasteiger partial charge in [-0.2, -0.15) is 5.10 Å². The number of nitrogens with zero attached hydrogens (tertiary/aromatic N) is 3. The second-order valence-electron chi connectivity index (χ2n) is 3.89. The molecule has 0 atom stereocenters. The summed E-state index contributed by atoms with van der Waals surface area (Å²) in [4.78, 5) is 15.6. The monoisotopic (exact) mass is 246 g/mol. The number of esters is 1. The van der Waals surface area contributed by atoms with Gasteiger partial charge in [0.1, 0.15) is 0 Å². The van der Waals surface area contributed by atoms with Crippen molar-refractivity contribution < 1.29 is 9.53 Å². The van der Waals surface area contributed by atoms with Gasteiger partial charge in [0, 0.05) is 12.4 Å². The van der Waals surface area contributed by atoms with Gasteiger partial charge in [0.25, 0.3) is 0 Å². The minimum Gasteiger partial charge on any atom is -0.464 e. The number of pyridine rings is 1. The van der Waals surface area contributed by atoms with Gasteiger partial charge in [0.2, 0.25) is 0 Å². The lowest BCUT2D eigenvalue weighted by atomic mass is 10.2. The number of nitrogen functional groups attached to an aromatic ring is 1. The van der Waals surface area contributed by atoms with Gasteiger partial charge in [-0.25, -0.2) is 4.79 Å². The van der Waals surface area contributed by atoms with Crippen molar-refractivity contribution >= 4 is 11.7 Å². The van der Waals surface area contributed by atoms with E-state index in [9.17, 15) is 4.79 Å². The molecule has 0 unspecified atom stereocenters. The molecule has 2 aromatic heterocycles. The van der Waals surface area contributed by atoms with E-state index < -0.39 is 5.97 Å². The SMILES string of the molecule is COC(=O)c1nn(Cc2ncccc2C)cc1N. The molecular formula is C12H14N4O2. The quantitative estimate of drug-likeness (QED) is 0.817. The van der Waals surface area contributed by atoms with Crippen molar-refractivity contribution in [3.8, 4) is 0 Å². The van der Waals surface area contributed by atoms with Crippen molar-refractivity contribution in [2.75, 3.05) is 12.8 Å². The lowest BCUT2D eigenvalue weighted by Gasteiger charge is -2.03. The zero-order valence-electron chi connectivity index (χ0n) is 10.3. The summed E-state index contributed by atoms with van der Waals surface area (Å²) in [5, 5.41) is 4.09. The molecule has 2 heterocycles. The zero-order chi connectivity index (χ0) is 13.1. The van der Waals surface area contributed by atoms with Gasteiger partial charge in [0.15, 0.2) is 5.69 Å². The van der Waals surface area contributed by atoms with E-state index in [1.807, 2.05) is 19.1 Å². The molecule has 2 N–H and O–H groups in total. The largest absolute Gasteiger partial charge is 0.464 e. The highest BCUT2D eigenvalue weighted by atomic mass is 16.5. The molecule has 6 heteroatoms. The first kappa shape index (κ1) is 12.1. The number of methoxy groups -OCH3 is 1. The fourth-order valence-electron chi connectivity index (χ4n) is 1.61. The predicted octanol–water partition coefficient (Wildman–Crippen LogP) is 1.00. The van der Waals surface area contributed by atoms with E-state index in [-0.39, 0.29) is 5.69 Å². The van der Waals surface area contributed by atoms with Crippen molar-refractivity contribution in [1.29, 1.82) is 0 Å². The summed E-state index contributed by atoms with van der Waals surface area (Å²) < 4.78 is 6.17. The third kappa shape index (κ3) is 2.32. The Morgan fingerprint density at radius 3 is 3.00 bits per heavy atom. The van der Waals surface area contributed by atoms with Crippen LogP contribution >= 0.6 is 0 Å². The number of carbonyl (C=O) groups is 1. The molecule has 0 saturated heterocycles. The summed E-state index contributed by atoms with van der Waals surface area (Å²) in [5.74, 6) is -0.538. The van der Waals surface area contributed by atoms with E-state index in [4.69, 9.17) is 5.73 Å². The molecule has 0 aliphatic heterocycles. The molecule has 2 rings (SSSR count). The van der Waals surface area contributed by atoms with Crippen LogP contribution < -0.4 is 5.73 Å². The number of anilines is 1. The Bertz CT molecular complexity index is 577. The van der Waals surface area contributed by atoms with Crippen LogP contribution in [0.5, 0.6) is 0 Å². The molecule has 2 aromatic rings. The second-order valence-corrected chi connectivity index (χ2v) is 3.89. The number of ether oxygens (including phenoxy) is 1. The van der Waals surface area contributed by atoms with Crippen molar-refractivity contribution in [2.45, 2.75) is 13.5 Å². The standard InChI is InChI=1S/C12H14N4O2/c1-8-4-3-5-14-10(8)7-16-6-9(13)11(15-16)12(17)18-2/h3-6H,7,13H2,1-2H3.